The van der Waals surface area contributed by atoms with Crippen molar-refractivity contribution in [1.29, 1.82) is 0 Å². The summed E-state index contributed by atoms with van der Waals surface area (Å²) in [5.41, 5.74) is 0.689. The molecule has 0 aromatic heterocycles. The van der Waals surface area contributed by atoms with E-state index in [2.05, 4.69) is 11.8 Å². The number of rotatable bonds is 5. The molecular formula is C21H29FN2O3. The Bertz CT molecular complexity index is 707. The van der Waals surface area contributed by atoms with Gasteiger partial charge in [0.05, 0.1) is 25.7 Å². The summed E-state index contributed by atoms with van der Waals surface area (Å²) < 4.78 is 24.4. The van der Waals surface area contributed by atoms with Gasteiger partial charge in [-0.25, -0.2) is 4.39 Å². The van der Waals surface area contributed by atoms with Crippen molar-refractivity contribution in [1.82, 2.24) is 9.80 Å². The van der Waals surface area contributed by atoms with E-state index < -0.39 is 0 Å². The first-order valence-electron chi connectivity index (χ1n) is 10.0. The van der Waals surface area contributed by atoms with Crippen molar-refractivity contribution >= 4 is 5.91 Å². The van der Waals surface area contributed by atoms with Gasteiger partial charge in [-0.15, -0.1) is 0 Å². The summed E-state index contributed by atoms with van der Waals surface area (Å²) in [5.74, 6) is 0.602. The molecule has 1 aromatic rings. The molecule has 6 heteroatoms. The number of halogens is 1. The minimum atomic E-state index is -0.298. The van der Waals surface area contributed by atoms with Crippen LogP contribution in [0.5, 0.6) is 5.75 Å². The van der Waals surface area contributed by atoms with E-state index in [4.69, 9.17) is 9.47 Å². The van der Waals surface area contributed by atoms with Gasteiger partial charge in [-0.2, -0.15) is 0 Å². The van der Waals surface area contributed by atoms with Crippen LogP contribution in [0.25, 0.3) is 0 Å². The van der Waals surface area contributed by atoms with Crippen molar-refractivity contribution < 1.29 is 18.7 Å². The van der Waals surface area contributed by atoms with E-state index in [0.717, 1.165) is 31.2 Å². The summed E-state index contributed by atoms with van der Waals surface area (Å²) >= 11 is 0. The smallest absolute Gasteiger partial charge is 0.230 e. The number of amides is 1. The lowest BCUT2D eigenvalue weighted by Gasteiger charge is -2.41. The molecule has 4 rings (SSSR count). The SMILES string of the molecule is CC[C@@]1(C(=O)N2CCOCC2)C[C@@H]2CC[C@H]1N2Cc1ccc(F)cc1OC. The minimum absolute atomic E-state index is 0.248. The van der Waals surface area contributed by atoms with Crippen LogP contribution in [-0.4, -0.2) is 61.2 Å². The summed E-state index contributed by atoms with van der Waals surface area (Å²) in [7, 11) is 1.58. The minimum Gasteiger partial charge on any atom is -0.496 e. The Morgan fingerprint density at radius 3 is 2.81 bits per heavy atom. The summed E-state index contributed by atoms with van der Waals surface area (Å²) in [6, 6.07) is 5.40. The number of nitrogens with zero attached hydrogens (tertiary/aromatic N) is 2. The van der Waals surface area contributed by atoms with Gasteiger partial charge in [0.1, 0.15) is 11.6 Å². The number of ether oxygens (including phenoxy) is 2. The third-order valence-corrected chi connectivity index (χ3v) is 6.84. The molecule has 0 N–H and O–H groups in total. The van der Waals surface area contributed by atoms with Crippen LogP contribution in [0.4, 0.5) is 4.39 Å². The highest BCUT2D eigenvalue weighted by Gasteiger charge is 2.59. The fraction of sp³-hybridized carbons (Fsp3) is 0.667. The van der Waals surface area contributed by atoms with E-state index in [1.54, 1.807) is 7.11 Å². The Morgan fingerprint density at radius 1 is 1.33 bits per heavy atom. The normalized spacial score (nSPS) is 30.7. The van der Waals surface area contributed by atoms with Gasteiger partial charge in [-0.3, -0.25) is 9.69 Å². The molecule has 0 unspecified atom stereocenters. The van der Waals surface area contributed by atoms with E-state index in [9.17, 15) is 9.18 Å². The topological polar surface area (TPSA) is 42.0 Å². The molecule has 2 bridgehead atoms. The van der Waals surface area contributed by atoms with Gasteiger partial charge in [0.2, 0.25) is 5.91 Å². The van der Waals surface area contributed by atoms with Gasteiger partial charge >= 0.3 is 0 Å². The first-order valence-corrected chi connectivity index (χ1v) is 10.0. The number of hydrogen-bond donors (Lipinski definition) is 0. The molecule has 5 nitrogen and oxygen atoms in total. The molecule has 1 aromatic carbocycles. The number of carbonyl (C=O) groups excluding carboxylic acids is 1. The lowest BCUT2D eigenvalue weighted by atomic mass is 9.70. The van der Waals surface area contributed by atoms with Crippen molar-refractivity contribution in [2.45, 2.75) is 51.2 Å². The van der Waals surface area contributed by atoms with Gasteiger partial charge in [0.25, 0.3) is 0 Å². The maximum Gasteiger partial charge on any atom is 0.230 e. The van der Waals surface area contributed by atoms with Gasteiger partial charge in [0, 0.05) is 43.3 Å². The zero-order chi connectivity index (χ0) is 19.0. The second-order valence-corrected chi connectivity index (χ2v) is 7.99. The number of methoxy groups -OCH3 is 1. The lowest BCUT2D eigenvalue weighted by Crippen LogP contribution is -2.53. The van der Waals surface area contributed by atoms with E-state index in [1.807, 2.05) is 11.0 Å². The average Bonchev–Trinajstić information content (AvgIpc) is 3.24. The second kappa shape index (κ2) is 7.40. The first kappa shape index (κ1) is 18.7. The summed E-state index contributed by atoms with van der Waals surface area (Å²) in [6.07, 6.45) is 3.97. The quantitative estimate of drug-likeness (QED) is 0.793. The van der Waals surface area contributed by atoms with E-state index >= 15 is 0 Å². The molecule has 148 valence electrons. The molecule has 3 aliphatic rings. The van der Waals surface area contributed by atoms with Crippen molar-refractivity contribution in [3.8, 4) is 5.75 Å². The molecule has 0 aliphatic carbocycles. The zero-order valence-electron chi connectivity index (χ0n) is 16.2. The Balaban J connectivity index is 1.57. The monoisotopic (exact) mass is 376 g/mol. The molecule has 3 aliphatic heterocycles. The molecule has 3 fully saturated rings. The maximum absolute atomic E-state index is 13.5. The van der Waals surface area contributed by atoms with Crippen molar-refractivity contribution in [3.63, 3.8) is 0 Å². The maximum atomic E-state index is 13.5. The Hall–Kier alpha value is -1.66. The molecule has 0 saturated carbocycles. The fourth-order valence-electron chi connectivity index (χ4n) is 5.43. The Labute approximate surface area is 160 Å². The molecule has 1 amide bonds. The number of benzene rings is 1. The number of hydrogen-bond acceptors (Lipinski definition) is 4. The second-order valence-electron chi connectivity index (χ2n) is 7.99. The van der Waals surface area contributed by atoms with E-state index in [-0.39, 0.29) is 17.3 Å². The molecule has 3 atom stereocenters. The van der Waals surface area contributed by atoms with Crippen LogP contribution in [0.1, 0.15) is 38.2 Å². The number of morpholine rings is 1. The van der Waals surface area contributed by atoms with Gasteiger partial charge in [-0.05, 0) is 31.7 Å². The Kier molecular flexibility index (Phi) is 5.12. The number of fused-ring (bicyclic) bond motifs is 2. The van der Waals surface area contributed by atoms with E-state index in [1.165, 1.54) is 12.1 Å². The molecular weight excluding hydrogens is 347 g/mol. The lowest BCUT2D eigenvalue weighted by molar-refractivity contribution is -0.148. The highest BCUT2D eigenvalue weighted by atomic mass is 19.1. The third kappa shape index (κ3) is 3.13. The van der Waals surface area contributed by atoms with Gasteiger partial charge < -0.3 is 14.4 Å². The van der Waals surface area contributed by atoms with Crippen LogP contribution in [0.3, 0.4) is 0 Å². The summed E-state index contributed by atoms with van der Waals surface area (Å²) in [6.45, 7) is 5.52. The van der Waals surface area contributed by atoms with Crippen LogP contribution in [0, 0.1) is 11.2 Å². The Morgan fingerprint density at radius 2 is 2.11 bits per heavy atom. The van der Waals surface area contributed by atoms with Gasteiger partial charge in [-0.1, -0.05) is 13.0 Å². The van der Waals surface area contributed by atoms with E-state index in [0.29, 0.717) is 50.5 Å². The molecule has 0 radical (unpaired) electrons. The fourth-order valence-corrected chi connectivity index (χ4v) is 5.43. The highest BCUT2D eigenvalue weighted by molar-refractivity contribution is 5.84. The molecule has 3 saturated heterocycles. The predicted molar refractivity (Wildman–Crippen MR) is 100 cm³/mol. The summed E-state index contributed by atoms with van der Waals surface area (Å²) in [5, 5.41) is 0. The third-order valence-electron chi connectivity index (χ3n) is 6.84. The van der Waals surface area contributed by atoms with Gasteiger partial charge in [0.15, 0.2) is 0 Å². The number of carbonyl (C=O) groups is 1. The first-order chi connectivity index (χ1) is 13.1. The average molecular weight is 376 g/mol. The van der Waals surface area contributed by atoms with Crippen LogP contribution in [0.2, 0.25) is 0 Å². The largest absolute Gasteiger partial charge is 0.496 e. The summed E-state index contributed by atoms with van der Waals surface area (Å²) in [4.78, 5) is 18.0. The van der Waals surface area contributed by atoms with Crippen LogP contribution in [0.15, 0.2) is 18.2 Å². The van der Waals surface area contributed by atoms with Crippen molar-refractivity contribution in [2.75, 3.05) is 33.4 Å². The van der Waals surface area contributed by atoms with Crippen LogP contribution < -0.4 is 4.74 Å². The highest BCUT2D eigenvalue weighted by Crippen LogP contribution is 2.53. The van der Waals surface area contributed by atoms with Crippen LogP contribution >= 0.6 is 0 Å². The molecule has 3 heterocycles. The van der Waals surface area contributed by atoms with Crippen LogP contribution in [-0.2, 0) is 16.1 Å². The predicted octanol–water partition coefficient (Wildman–Crippen LogP) is 2.83. The van der Waals surface area contributed by atoms with Crippen molar-refractivity contribution in [2.24, 2.45) is 5.41 Å². The molecule has 0 spiro atoms. The van der Waals surface area contributed by atoms with Crippen molar-refractivity contribution in [3.05, 3.63) is 29.6 Å². The molecule has 27 heavy (non-hydrogen) atoms. The zero-order valence-corrected chi connectivity index (χ0v) is 16.2. The standard InChI is InChI=1S/C21H29FN2O3/c1-3-21(20(25)23-8-10-27-11-9-23)13-17-6-7-19(21)24(17)14-15-4-5-16(22)12-18(15)26-2/h4-5,12,17,19H,3,6-11,13-14H2,1-2H3/t17-,19+,21+/m0/s1.